The summed E-state index contributed by atoms with van der Waals surface area (Å²) < 4.78 is 5.23. The molecule has 0 unspecified atom stereocenters. The van der Waals surface area contributed by atoms with E-state index in [-0.39, 0.29) is 0 Å². The molecule has 8 heteroatoms. The van der Waals surface area contributed by atoms with Crippen molar-refractivity contribution in [3.63, 3.8) is 0 Å². The standard InChI is InChI=1S/C14H10Cl2N4O2/c15-8-4-9(16)6-10(5-8)17-14(21)18-13-7-11(19-20-13)12-2-1-3-22-12/h1-7H,(H3,17,18,19,20,21). The van der Waals surface area contributed by atoms with Crippen LogP contribution in [0.1, 0.15) is 0 Å². The average molecular weight is 337 g/mol. The van der Waals surface area contributed by atoms with Crippen molar-refractivity contribution in [2.45, 2.75) is 0 Å². The van der Waals surface area contributed by atoms with Gasteiger partial charge in [0.1, 0.15) is 5.69 Å². The molecule has 2 amide bonds. The maximum atomic E-state index is 11.9. The minimum Gasteiger partial charge on any atom is -0.463 e. The van der Waals surface area contributed by atoms with Gasteiger partial charge in [0, 0.05) is 21.8 Å². The van der Waals surface area contributed by atoms with Crippen LogP contribution in [0.3, 0.4) is 0 Å². The Hall–Kier alpha value is -2.44. The van der Waals surface area contributed by atoms with E-state index >= 15 is 0 Å². The molecular weight excluding hydrogens is 327 g/mol. The van der Waals surface area contributed by atoms with Crippen LogP contribution in [-0.4, -0.2) is 16.2 Å². The molecule has 1 aromatic carbocycles. The van der Waals surface area contributed by atoms with Gasteiger partial charge in [0.25, 0.3) is 0 Å². The Kier molecular flexibility index (Phi) is 4.04. The SMILES string of the molecule is O=C(Nc1cc(Cl)cc(Cl)c1)Nc1cc(-c2ccco2)[nH]n1. The van der Waals surface area contributed by atoms with E-state index in [1.807, 2.05) is 0 Å². The number of H-pyrrole nitrogens is 1. The number of urea groups is 1. The summed E-state index contributed by atoms with van der Waals surface area (Å²) >= 11 is 11.7. The van der Waals surface area contributed by atoms with Gasteiger partial charge in [-0.1, -0.05) is 23.2 Å². The van der Waals surface area contributed by atoms with Crippen LogP contribution < -0.4 is 10.6 Å². The van der Waals surface area contributed by atoms with Crippen molar-refractivity contribution in [2.24, 2.45) is 0 Å². The fourth-order valence-corrected chi connectivity index (χ4v) is 2.37. The lowest BCUT2D eigenvalue weighted by Gasteiger charge is -2.06. The second kappa shape index (κ2) is 6.13. The molecule has 0 aliphatic rings. The summed E-state index contributed by atoms with van der Waals surface area (Å²) in [7, 11) is 0. The molecule has 22 heavy (non-hydrogen) atoms. The van der Waals surface area contributed by atoms with Crippen molar-refractivity contribution in [3.05, 3.63) is 52.7 Å². The van der Waals surface area contributed by atoms with E-state index in [0.29, 0.717) is 33.0 Å². The third kappa shape index (κ3) is 3.41. The number of aromatic amines is 1. The molecule has 3 aromatic rings. The summed E-state index contributed by atoms with van der Waals surface area (Å²) in [6, 6.07) is 9.50. The molecule has 0 saturated carbocycles. The average Bonchev–Trinajstić information content (AvgIpc) is 3.07. The minimum atomic E-state index is -0.462. The molecule has 0 saturated heterocycles. The smallest absolute Gasteiger partial charge is 0.324 e. The number of nitrogens with one attached hydrogen (secondary N) is 3. The Morgan fingerprint density at radius 2 is 1.91 bits per heavy atom. The van der Waals surface area contributed by atoms with Crippen LogP contribution >= 0.6 is 23.2 Å². The van der Waals surface area contributed by atoms with Crippen molar-refractivity contribution < 1.29 is 9.21 Å². The fraction of sp³-hybridized carbons (Fsp3) is 0. The molecule has 112 valence electrons. The monoisotopic (exact) mass is 336 g/mol. The van der Waals surface area contributed by atoms with Crippen LogP contribution in [0.4, 0.5) is 16.3 Å². The van der Waals surface area contributed by atoms with Gasteiger partial charge in [-0.3, -0.25) is 10.4 Å². The summed E-state index contributed by atoms with van der Waals surface area (Å²) in [5, 5.41) is 12.8. The predicted molar refractivity (Wildman–Crippen MR) is 85.4 cm³/mol. The first-order valence-electron chi connectivity index (χ1n) is 6.23. The number of halogens is 2. The van der Waals surface area contributed by atoms with E-state index in [1.165, 1.54) is 0 Å². The molecule has 3 rings (SSSR count). The number of anilines is 2. The van der Waals surface area contributed by atoms with E-state index in [9.17, 15) is 4.79 Å². The molecule has 2 heterocycles. The first-order valence-corrected chi connectivity index (χ1v) is 6.99. The lowest BCUT2D eigenvalue weighted by molar-refractivity contribution is 0.262. The molecule has 0 spiro atoms. The van der Waals surface area contributed by atoms with Crippen molar-refractivity contribution in [1.82, 2.24) is 10.2 Å². The number of benzene rings is 1. The van der Waals surface area contributed by atoms with E-state index in [4.69, 9.17) is 27.6 Å². The van der Waals surface area contributed by atoms with Crippen molar-refractivity contribution in [2.75, 3.05) is 10.6 Å². The molecule has 0 aliphatic carbocycles. The van der Waals surface area contributed by atoms with E-state index in [0.717, 1.165) is 0 Å². The van der Waals surface area contributed by atoms with Crippen LogP contribution in [0, 0.1) is 0 Å². The van der Waals surface area contributed by atoms with E-state index in [2.05, 4.69) is 20.8 Å². The highest BCUT2D eigenvalue weighted by Crippen LogP contribution is 2.23. The van der Waals surface area contributed by atoms with Gasteiger partial charge in [-0.2, -0.15) is 5.10 Å². The van der Waals surface area contributed by atoms with E-state index < -0.39 is 6.03 Å². The third-order valence-electron chi connectivity index (χ3n) is 2.73. The van der Waals surface area contributed by atoms with Crippen LogP contribution in [0.2, 0.25) is 10.0 Å². The van der Waals surface area contributed by atoms with Gasteiger partial charge < -0.3 is 9.73 Å². The zero-order valence-corrected chi connectivity index (χ0v) is 12.6. The second-order valence-corrected chi connectivity index (χ2v) is 5.25. The molecule has 2 aromatic heterocycles. The molecule has 3 N–H and O–H groups in total. The number of carbonyl (C=O) groups is 1. The van der Waals surface area contributed by atoms with Crippen molar-refractivity contribution >= 4 is 40.7 Å². The number of furan rings is 1. The van der Waals surface area contributed by atoms with Gasteiger partial charge in [-0.05, 0) is 30.3 Å². The van der Waals surface area contributed by atoms with Crippen molar-refractivity contribution in [1.29, 1.82) is 0 Å². The van der Waals surface area contributed by atoms with Crippen LogP contribution in [0.5, 0.6) is 0 Å². The largest absolute Gasteiger partial charge is 0.463 e. The minimum absolute atomic E-state index is 0.358. The maximum Gasteiger partial charge on any atom is 0.324 e. The quantitative estimate of drug-likeness (QED) is 0.652. The van der Waals surface area contributed by atoms with Gasteiger partial charge >= 0.3 is 6.03 Å². The highest BCUT2D eigenvalue weighted by Gasteiger charge is 2.09. The van der Waals surface area contributed by atoms with E-state index in [1.54, 1.807) is 42.7 Å². The Balaban J connectivity index is 1.67. The zero-order valence-electron chi connectivity index (χ0n) is 11.1. The molecule has 0 aliphatic heterocycles. The van der Waals surface area contributed by atoms with Gasteiger partial charge in [0.05, 0.1) is 6.26 Å². The first kappa shape index (κ1) is 14.5. The molecular formula is C14H10Cl2N4O2. The summed E-state index contributed by atoms with van der Waals surface area (Å²) in [6.45, 7) is 0. The Morgan fingerprint density at radius 3 is 2.59 bits per heavy atom. The van der Waals surface area contributed by atoms with Crippen molar-refractivity contribution in [3.8, 4) is 11.5 Å². The third-order valence-corrected chi connectivity index (χ3v) is 3.16. The predicted octanol–water partition coefficient (Wildman–Crippen LogP) is 4.62. The first-order chi connectivity index (χ1) is 10.6. The summed E-state index contributed by atoms with van der Waals surface area (Å²) in [5.41, 5.74) is 1.14. The fourth-order valence-electron chi connectivity index (χ4n) is 1.85. The maximum absolute atomic E-state index is 11.9. The van der Waals surface area contributed by atoms with Gasteiger partial charge in [0.2, 0.25) is 0 Å². The number of nitrogens with zero attached hydrogens (tertiary/aromatic N) is 1. The normalized spacial score (nSPS) is 10.5. The highest BCUT2D eigenvalue weighted by molar-refractivity contribution is 6.35. The number of carbonyl (C=O) groups excluding carboxylic acids is 1. The number of rotatable bonds is 3. The highest BCUT2D eigenvalue weighted by atomic mass is 35.5. The molecule has 0 bridgehead atoms. The number of hydrogen-bond donors (Lipinski definition) is 3. The molecule has 6 nitrogen and oxygen atoms in total. The molecule has 0 atom stereocenters. The Bertz CT molecular complexity index is 779. The van der Waals surface area contributed by atoms with Crippen LogP contribution in [0.25, 0.3) is 11.5 Å². The second-order valence-electron chi connectivity index (χ2n) is 4.38. The molecule has 0 radical (unpaired) electrons. The van der Waals surface area contributed by atoms with Crippen LogP contribution in [-0.2, 0) is 0 Å². The zero-order chi connectivity index (χ0) is 15.5. The topological polar surface area (TPSA) is 83.0 Å². The van der Waals surface area contributed by atoms with Gasteiger partial charge in [-0.15, -0.1) is 0 Å². The summed E-state index contributed by atoms with van der Waals surface area (Å²) in [4.78, 5) is 11.9. The molecule has 0 fully saturated rings. The lowest BCUT2D eigenvalue weighted by atomic mass is 10.3. The van der Waals surface area contributed by atoms with Gasteiger partial charge in [0.15, 0.2) is 11.6 Å². The number of aromatic nitrogens is 2. The summed E-state index contributed by atoms with van der Waals surface area (Å²) in [5.74, 6) is 0.986. The Labute approximate surface area is 135 Å². The summed E-state index contributed by atoms with van der Waals surface area (Å²) in [6.07, 6.45) is 1.55. The van der Waals surface area contributed by atoms with Crippen LogP contribution in [0.15, 0.2) is 47.1 Å². The van der Waals surface area contributed by atoms with Gasteiger partial charge in [-0.25, -0.2) is 4.79 Å². The lowest BCUT2D eigenvalue weighted by Crippen LogP contribution is -2.19. The Morgan fingerprint density at radius 1 is 1.14 bits per heavy atom. The number of hydrogen-bond acceptors (Lipinski definition) is 3. The number of amides is 2.